The molecule has 0 radical (unpaired) electrons. The number of carboxylic acid groups (broad SMARTS) is 1. The fraction of sp³-hybridized carbons (Fsp3) is 0.238. The van der Waals surface area contributed by atoms with Gasteiger partial charge in [-0.15, -0.1) is 27.7 Å². The van der Waals surface area contributed by atoms with Crippen molar-refractivity contribution < 1.29 is 28.9 Å². The minimum atomic E-state index is -1.46. The van der Waals surface area contributed by atoms with Gasteiger partial charge in [0.15, 0.2) is 17.0 Å². The minimum Gasteiger partial charge on any atom is -0.543 e. The predicted molar refractivity (Wildman–Crippen MR) is 129 cm³/mol. The Morgan fingerprint density at radius 1 is 1.44 bits per heavy atom. The van der Waals surface area contributed by atoms with Crippen LogP contribution in [0.15, 0.2) is 52.5 Å². The number of oxime groups is 1. The maximum absolute atomic E-state index is 13.0. The normalized spacial score (nSPS) is 19.8. The quantitative estimate of drug-likeness (QED) is 0.171. The number of amides is 2. The monoisotopic (exact) mass is 547 g/mol. The zero-order valence-electron chi connectivity index (χ0n) is 18.6. The first-order valence-electron chi connectivity index (χ1n) is 10.5. The lowest BCUT2D eigenvalue weighted by Crippen LogP contribution is -2.71. The van der Waals surface area contributed by atoms with Crippen molar-refractivity contribution in [2.75, 3.05) is 18.6 Å². The number of thiazole rings is 1. The van der Waals surface area contributed by atoms with Gasteiger partial charge in [0.25, 0.3) is 17.0 Å². The topological polar surface area (TPSA) is 159 Å². The molecule has 15 heteroatoms. The molecule has 3 N–H and O–H groups in total. The van der Waals surface area contributed by atoms with E-state index in [0.29, 0.717) is 16.5 Å². The highest BCUT2D eigenvalue weighted by molar-refractivity contribution is 8.00. The minimum absolute atomic E-state index is 0.147. The van der Waals surface area contributed by atoms with Crippen LogP contribution in [-0.4, -0.2) is 62.2 Å². The van der Waals surface area contributed by atoms with Gasteiger partial charge in [-0.2, -0.15) is 0 Å². The van der Waals surface area contributed by atoms with E-state index in [-0.39, 0.29) is 28.8 Å². The molecule has 0 spiro atoms. The van der Waals surface area contributed by atoms with E-state index in [1.54, 1.807) is 27.6 Å². The van der Waals surface area contributed by atoms with Crippen LogP contribution in [0.1, 0.15) is 5.69 Å². The summed E-state index contributed by atoms with van der Waals surface area (Å²) in [6.07, 6.45) is 5.36. The lowest BCUT2D eigenvalue weighted by molar-refractivity contribution is -0.591. The number of fused-ring (bicyclic) bond motifs is 2. The van der Waals surface area contributed by atoms with Crippen molar-refractivity contribution in [1.29, 1.82) is 0 Å². The van der Waals surface area contributed by atoms with Gasteiger partial charge < -0.3 is 30.4 Å². The molecular formula is C21H18ClN7O5S2. The summed E-state index contributed by atoms with van der Waals surface area (Å²) in [6, 6.07) is 2.64. The Kier molecular flexibility index (Phi) is 6.32. The maximum atomic E-state index is 13.0. The molecule has 4 aliphatic heterocycles. The summed E-state index contributed by atoms with van der Waals surface area (Å²) in [4.78, 5) is 47.9. The number of rotatable bonds is 7. The number of aliphatic carboxylic acids is 1. The molecule has 0 aliphatic carbocycles. The molecule has 1 aromatic rings. The molecule has 0 saturated carbocycles. The zero-order valence-corrected chi connectivity index (χ0v) is 21.0. The van der Waals surface area contributed by atoms with Crippen molar-refractivity contribution in [3.05, 3.63) is 58.2 Å². The van der Waals surface area contributed by atoms with Crippen LogP contribution in [0, 0.1) is 0 Å². The molecule has 12 nitrogen and oxygen atoms in total. The number of carboxylic acids is 1. The Morgan fingerprint density at radius 2 is 2.25 bits per heavy atom. The molecule has 4 aliphatic rings. The second-order valence-corrected chi connectivity index (χ2v) is 10.2. The summed E-state index contributed by atoms with van der Waals surface area (Å²) in [5, 5.41) is 20.1. The van der Waals surface area contributed by atoms with Gasteiger partial charge in [0.2, 0.25) is 5.69 Å². The highest BCUT2D eigenvalue weighted by atomic mass is 35.5. The number of halogens is 1. The first-order chi connectivity index (χ1) is 17.3. The number of nitrogen functional groups attached to an aromatic ring is 1. The molecule has 5 heterocycles. The average molecular weight is 548 g/mol. The summed E-state index contributed by atoms with van der Waals surface area (Å²) in [6.45, 7) is 0.235. The fourth-order valence-corrected chi connectivity index (χ4v) is 6.18. The molecule has 186 valence electrons. The molecule has 1 saturated heterocycles. The number of carbonyl (C=O) groups excluding carboxylic acids is 3. The molecule has 1 aromatic heterocycles. The number of carbonyl (C=O) groups is 3. The first-order valence-corrected chi connectivity index (χ1v) is 12.8. The zero-order chi connectivity index (χ0) is 25.6. The molecule has 36 heavy (non-hydrogen) atoms. The third-order valence-electron chi connectivity index (χ3n) is 5.67. The van der Waals surface area contributed by atoms with Crippen LogP contribution in [0.25, 0.3) is 5.69 Å². The SMILES string of the molecule is CO/N=C(\C(=O)N[C@@H]1C(=O)N2C(C(=O)[O-])=C(Cn3cc[n+]4c(Cl)ccc-4c3)CS[C@H]12)c1csc(N)n1. The molecule has 0 aromatic carbocycles. The van der Waals surface area contributed by atoms with E-state index < -0.39 is 29.2 Å². The van der Waals surface area contributed by atoms with Gasteiger partial charge in [-0.05, 0) is 17.2 Å². The number of β-lactam (4-membered cyclic amide) rings is 1. The summed E-state index contributed by atoms with van der Waals surface area (Å²) in [5.74, 6) is -2.39. The summed E-state index contributed by atoms with van der Waals surface area (Å²) in [5.41, 5.74) is 6.85. The van der Waals surface area contributed by atoms with Crippen molar-refractivity contribution in [1.82, 2.24) is 19.8 Å². The van der Waals surface area contributed by atoms with E-state index in [1.807, 2.05) is 12.3 Å². The van der Waals surface area contributed by atoms with E-state index in [1.165, 1.54) is 24.3 Å². The van der Waals surface area contributed by atoms with E-state index in [2.05, 4.69) is 15.5 Å². The van der Waals surface area contributed by atoms with E-state index in [4.69, 9.17) is 22.2 Å². The Bertz CT molecular complexity index is 1420. The summed E-state index contributed by atoms with van der Waals surface area (Å²) in [7, 11) is 1.27. The fourth-order valence-electron chi connectivity index (χ4n) is 4.08. The second-order valence-electron chi connectivity index (χ2n) is 7.84. The Morgan fingerprint density at radius 3 is 2.94 bits per heavy atom. The van der Waals surface area contributed by atoms with Crippen molar-refractivity contribution >= 4 is 63.3 Å². The number of nitrogens with one attached hydrogen (secondary N) is 1. The third kappa shape index (κ3) is 4.16. The third-order valence-corrected chi connectivity index (χ3v) is 7.99. The number of aromatic nitrogens is 3. The van der Waals surface area contributed by atoms with Crippen LogP contribution in [0.5, 0.6) is 0 Å². The van der Waals surface area contributed by atoms with Crippen molar-refractivity contribution in [3.63, 3.8) is 0 Å². The van der Waals surface area contributed by atoms with Gasteiger partial charge in [0, 0.05) is 29.8 Å². The number of nitrogens with two attached hydrogens (primary N) is 1. The standard InChI is InChI=1S/C21H18ClN7O5S2/c1-34-26-14(12-9-36-21(23)24-12)17(30)25-15-18(31)29-16(20(32)33)10(8-35-19(15)29)6-27-4-5-28-11(7-27)2-3-13(28)22/h2-5,7,9,15,19H,6,8H2,1H3,(H3-,23,24,25,30,32,33)/b26-14-/t15-,19-/m1/s1. The second kappa shape index (κ2) is 9.44. The Labute approximate surface area is 217 Å². The number of nitrogens with zero attached hydrogens (tertiary/aromatic N) is 5. The highest BCUT2D eigenvalue weighted by Gasteiger charge is 2.53. The molecule has 0 bridgehead atoms. The van der Waals surface area contributed by atoms with E-state index in [9.17, 15) is 19.5 Å². The molecule has 2 amide bonds. The smallest absolute Gasteiger partial charge is 0.281 e. The van der Waals surface area contributed by atoms with Crippen molar-refractivity contribution in [2.45, 2.75) is 18.0 Å². The van der Waals surface area contributed by atoms with Crippen molar-refractivity contribution in [2.24, 2.45) is 5.16 Å². The lowest BCUT2D eigenvalue weighted by Gasteiger charge is -2.50. The van der Waals surface area contributed by atoms with Crippen LogP contribution in [0.2, 0.25) is 5.15 Å². The number of anilines is 1. The molecule has 5 rings (SSSR count). The summed E-state index contributed by atoms with van der Waals surface area (Å²) < 4.78 is 3.59. The molecule has 0 unspecified atom stereocenters. The highest BCUT2D eigenvalue weighted by Crippen LogP contribution is 2.40. The van der Waals surface area contributed by atoms with E-state index >= 15 is 0 Å². The number of thioether (sulfide) groups is 1. The van der Waals surface area contributed by atoms with Gasteiger partial charge >= 0.3 is 0 Å². The lowest BCUT2D eigenvalue weighted by atomic mass is 10.0. The number of hydrogen-bond acceptors (Lipinski definition) is 10. The maximum Gasteiger partial charge on any atom is 0.281 e. The number of hydrogen-bond donors (Lipinski definition) is 2. The molecule has 2 atom stereocenters. The molecular weight excluding hydrogens is 530 g/mol. The van der Waals surface area contributed by atoms with Gasteiger partial charge in [0.1, 0.15) is 24.2 Å². The van der Waals surface area contributed by atoms with Gasteiger partial charge in [-0.3, -0.25) is 14.5 Å². The summed E-state index contributed by atoms with van der Waals surface area (Å²) >= 11 is 8.59. The predicted octanol–water partition coefficient (Wildman–Crippen LogP) is -0.651. The van der Waals surface area contributed by atoms with Gasteiger partial charge in [-0.25, -0.2) is 4.98 Å². The first kappa shape index (κ1) is 24.1. The van der Waals surface area contributed by atoms with Crippen LogP contribution < -0.4 is 20.7 Å². The van der Waals surface area contributed by atoms with Crippen LogP contribution in [0.3, 0.4) is 0 Å². The van der Waals surface area contributed by atoms with Gasteiger partial charge in [0.05, 0.1) is 24.1 Å². The molecule has 1 fully saturated rings. The average Bonchev–Trinajstić information content (AvgIpc) is 3.45. The van der Waals surface area contributed by atoms with Crippen LogP contribution in [-0.2, 0) is 25.8 Å². The Hall–Kier alpha value is -3.62. The Balaban J connectivity index is 1.36. The van der Waals surface area contributed by atoms with E-state index in [0.717, 1.165) is 21.9 Å². The largest absolute Gasteiger partial charge is 0.543 e. The van der Waals surface area contributed by atoms with Crippen LogP contribution in [0.4, 0.5) is 5.13 Å². The van der Waals surface area contributed by atoms with Crippen LogP contribution >= 0.6 is 34.7 Å². The van der Waals surface area contributed by atoms with Crippen molar-refractivity contribution in [3.8, 4) is 5.69 Å². The van der Waals surface area contributed by atoms with Gasteiger partial charge in [-0.1, -0.05) is 5.16 Å².